The lowest BCUT2D eigenvalue weighted by molar-refractivity contribution is -0.141. The number of ether oxygens (including phenoxy) is 1. The fraction of sp³-hybridized carbons (Fsp3) is 0.846. The van der Waals surface area contributed by atoms with Gasteiger partial charge in [0.15, 0.2) is 0 Å². The van der Waals surface area contributed by atoms with Gasteiger partial charge < -0.3 is 20.3 Å². The third kappa shape index (κ3) is 4.92. The van der Waals surface area contributed by atoms with Crippen molar-refractivity contribution in [2.45, 2.75) is 38.3 Å². The number of carbonyl (C=O) groups excluding carboxylic acids is 2. The summed E-state index contributed by atoms with van der Waals surface area (Å²) in [6.07, 6.45) is 3.10. The van der Waals surface area contributed by atoms with Gasteiger partial charge in [-0.1, -0.05) is 6.42 Å². The Labute approximate surface area is 126 Å². The van der Waals surface area contributed by atoms with Gasteiger partial charge in [0.1, 0.15) is 0 Å². The number of piperidine rings is 1. The van der Waals surface area contributed by atoms with Gasteiger partial charge in [0.2, 0.25) is 11.8 Å². The van der Waals surface area contributed by atoms with E-state index in [1.54, 1.807) is 0 Å². The maximum absolute atomic E-state index is 12.4. The molecule has 2 aliphatic rings. The normalized spacial score (nSPS) is 26.6. The van der Waals surface area contributed by atoms with E-state index in [1.807, 2.05) is 4.90 Å². The van der Waals surface area contributed by atoms with Crippen molar-refractivity contribution in [3.63, 3.8) is 0 Å². The Kier molecular flexibility index (Phi) is 7.26. The van der Waals surface area contributed by atoms with Crippen molar-refractivity contribution in [2.75, 3.05) is 32.8 Å². The number of nitrogens with one attached hydrogen (secondary N) is 2. The van der Waals surface area contributed by atoms with E-state index >= 15 is 0 Å². The van der Waals surface area contributed by atoms with Gasteiger partial charge in [-0.15, -0.1) is 12.4 Å². The first kappa shape index (κ1) is 17.2. The van der Waals surface area contributed by atoms with E-state index in [-0.39, 0.29) is 36.4 Å². The van der Waals surface area contributed by atoms with E-state index in [4.69, 9.17) is 4.74 Å². The second-order valence-electron chi connectivity index (χ2n) is 5.22. The maximum Gasteiger partial charge on any atom is 0.239 e. The zero-order valence-corrected chi connectivity index (χ0v) is 12.7. The van der Waals surface area contributed by atoms with Crippen LogP contribution in [0.3, 0.4) is 0 Å². The van der Waals surface area contributed by atoms with E-state index in [0.29, 0.717) is 26.2 Å². The van der Waals surface area contributed by atoms with Gasteiger partial charge in [-0.2, -0.15) is 0 Å². The van der Waals surface area contributed by atoms with Gasteiger partial charge in [-0.25, -0.2) is 0 Å². The average molecular weight is 306 g/mol. The molecule has 2 aliphatic heterocycles. The van der Waals surface area contributed by atoms with E-state index in [1.165, 1.54) is 6.92 Å². The number of rotatable bonds is 3. The predicted octanol–water partition coefficient (Wildman–Crippen LogP) is -0.0862. The molecule has 0 spiro atoms. The highest BCUT2D eigenvalue weighted by atomic mass is 35.5. The molecule has 2 saturated heterocycles. The topological polar surface area (TPSA) is 70.7 Å². The molecule has 0 aromatic heterocycles. The lowest BCUT2D eigenvalue weighted by atomic mass is 10.0. The molecule has 20 heavy (non-hydrogen) atoms. The summed E-state index contributed by atoms with van der Waals surface area (Å²) in [5.41, 5.74) is 0. The number of hydrogen-bond acceptors (Lipinski definition) is 4. The van der Waals surface area contributed by atoms with Crippen LogP contribution in [0.15, 0.2) is 0 Å². The summed E-state index contributed by atoms with van der Waals surface area (Å²) in [6.45, 7) is 4.64. The SMILES string of the molecule is CC(=O)NCC1CN(C(=O)C2CCCCN2)CCO1.Cl. The van der Waals surface area contributed by atoms with Gasteiger partial charge in [0.05, 0.1) is 18.8 Å². The number of halogens is 1. The van der Waals surface area contributed by atoms with Crippen molar-refractivity contribution in [1.29, 1.82) is 0 Å². The van der Waals surface area contributed by atoms with E-state index in [2.05, 4.69) is 10.6 Å². The van der Waals surface area contributed by atoms with Gasteiger partial charge in [-0.05, 0) is 19.4 Å². The highest BCUT2D eigenvalue weighted by molar-refractivity contribution is 5.85. The van der Waals surface area contributed by atoms with Crippen molar-refractivity contribution in [3.05, 3.63) is 0 Å². The highest BCUT2D eigenvalue weighted by Gasteiger charge is 2.29. The van der Waals surface area contributed by atoms with Crippen LogP contribution in [-0.2, 0) is 14.3 Å². The summed E-state index contributed by atoms with van der Waals surface area (Å²) in [7, 11) is 0. The Morgan fingerprint density at radius 2 is 2.20 bits per heavy atom. The van der Waals surface area contributed by atoms with Gasteiger partial charge in [0, 0.05) is 26.6 Å². The molecule has 2 heterocycles. The highest BCUT2D eigenvalue weighted by Crippen LogP contribution is 2.12. The first-order valence-electron chi connectivity index (χ1n) is 7.05. The molecule has 2 N–H and O–H groups in total. The molecule has 0 bridgehead atoms. The van der Waals surface area contributed by atoms with Crippen molar-refractivity contribution < 1.29 is 14.3 Å². The van der Waals surface area contributed by atoms with Crippen LogP contribution < -0.4 is 10.6 Å². The molecular weight excluding hydrogens is 282 g/mol. The fourth-order valence-electron chi connectivity index (χ4n) is 2.58. The minimum absolute atomic E-state index is 0. The average Bonchev–Trinajstić information content (AvgIpc) is 2.45. The van der Waals surface area contributed by atoms with Gasteiger partial charge >= 0.3 is 0 Å². The molecule has 7 heteroatoms. The Hall–Kier alpha value is -0.850. The summed E-state index contributed by atoms with van der Waals surface area (Å²) in [5.74, 6) is 0.108. The first-order valence-corrected chi connectivity index (χ1v) is 7.05. The Morgan fingerprint density at radius 3 is 2.85 bits per heavy atom. The molecule has 0 saturated carbocycles. The number of nitrogens with zero attached hydrogens (tertiary/aromatic N) is 1. The monoisotopic (exact) mass is 305 g/mol. The second-order valence-corrected chi connectivity index (χ2v) is 5.22. The smallest absolute Gasteiger partial charge is 0.239 e. The van der Waals surface area contributed by atoms with Crippen LogP contribution in [-0.4, -0.2) is 61.6 Å². The van der Waals surface area contributed by atoms with Crippen LogP contribution in [0, 0.1) is 0 Å². The molecule has 2 unspecified atom stereocenters. The molecule has 2 amide bonds. The molecule has 2 atom stereocenters. The van der Waals surface area contributed by atoms with Crippen molar-refractivity contribution in [1.82, 2.24) is 15.5 Å². The minimum Gasteiger partial charge on any atom is -0.373 e. The molecule has 0 aliphatic carbocycles. The van der Waals surface area contributed by atoms with Crippen LogP contribution in [0.2, 0.25) is 0 Å². The molecule has 2 rings (SSSR count). The Bertz CT molecular complexity index is 335. The summed E-state index contributed by atoms with van der Waals surface area (Å²) >= 11 is 0. The van der Waals surface area contributed by atoms with Crippen LogP contribution in [0.1, 0.15) is 26.2 Å². The van der Waals surface area contributed by atoms with Gasteiger partial charge in [0.25, 0.3) is 0 Å². The third-order valence-electron chi connectivity index (χ3n) is 3.64. The number of amides is 2. The molecule has 116 valence electrons. The molecule has 2 fully saturated rings. The number of morpholine rings is 1. The quantitative estimate of drug-likeness (QED) is 0.765. The number of carbonyl (C=O) groups is 2. The Morgan fingerprint density at radius 1 is 1.40 bits per heavy atom. The molecule has 0 radical (unpaired) electrons. The first-order chi connectivity index (χ1) is 9.16. The van der Waals surface area contributed by atoms with Crippen molar-refractivity contribution in [2.24, 2.45) is 0 Å². The molecule has 0 aromatic rings. The molecule has 6 nitrogen and oxygen atoms in total. The molecule has 0 aromatic carbocycles. The lowest BCUT2D eigenvalue weighted by Gasteiger charge is -2.36. The van der Waals surface area contributed by atoms with E-state index < -0.39 is 0 Å². The predicted molar refractivity (Wildman–Crippen MR) is 77.9 cm³/mol. The minimum atomic E-state index is -0.0924. The van der Waals surface area contributed by atoms with Crippen LogP contribution in [0.5, 0.6) is 0 Å². The summed E-state index contributed by atoms with van der Waals surface area (Å²) in [5, 5.41) is 6.02. The van der Waals surface area contributed by atoms with Crippen LogP contribution >= 0.6 is 12.4 Å². The van der Waals surface area contributed by atoms with E-state index in [0.717, 1.165) is 25.8 Å². The zero-order valence-electron chi connectivity index (χ0n) is 11.9. The van der Waals surface area contributed by atoms with Crippen molar-refractivity contribution >= 4 is 24.2 Å². The van der Waals surface area contributed by atoms with Crippen LogP contribution in [0.4, 0.5) is 0 Å². The van der Waals surface area contributed by atoms with E-state index in [9.17, 15) is 9.59 Å². The fourth-order valence-corrected chi connectivity index (χ4v) is 2.58. The number of hydrogen-bond donors (Lipinski definition) is 2. The van der Waals surface area contributed by atoms with Crippen LogP contribution in [0.25, 0.3) is 0 Å². The standard InChI is InChI=1S/C13H23N3O3.ClH/c1-10(17)15-8-11-9-16(6-7-19-11)13(18)12-4-2-3-5-14-12;/h11-12,14H,2-9H2,1H3,(H,15,17);1H. The second kappa shape index (κ2) is 8.44. The lowest BCUT2D eigenvalue weighted by Crippen LogP contribution is -2.55. The molecular formula is C13H24ClN3O3. The summed E-state index contributed by atoms with van der Waals surface area (Å²) in [4.78, 5) is 25.1. The Balaban J connectivity index is 0.00000200. The summed E-state index contributed by atoms with van der Waals surface area (Å²) in [6, 6.07) is -0.0340. The van der Waals surface area contributed by atoms with Gasteiger partial charge in [-0.3, -0.25) is 9.59 Å². The third-order valence-corrected chi connectivity index (χ3v) is 3.64. The zero-order chi connectivity index (χ0) is 13.7. The van der Waals surface area contributed by atoms with Crippen molar-refractivity contribution in [3.8, 4) is 0 Å². The summed E-state index contributed by atoms with van der Waals surface area (Å²) < 4.78 is 5.57. The maximum atomic E-state index is 12.4. The largest absolute Gasteiger partial charge is 0.373 e.